The molecule has 0 saturated carbocycles. The minimum absolute atomic E-state index is 0.590. The molecule has 1 N–H and O–H groups in total. The fourth-order valence-corrected chi connectivity index (χ4v) is 2.32. The molecule has 0 radical (unpaired) electrons. The van der Waals surface area contributed by atoms with Crippen LogP contribution in [0.1, 0.15) is 19.2 Å². The summed E-state index contributed by atoms with van der Waals surface area (Å²) >= 11 is 11.9. The Morgan fingerprint density at radius 3 is 2.63 bits per heavy atom. The fraction of sp³-hybridized carbons (Fsp3) is 0.357. The number of aryl methyl sites for hydroxylation is 1. The Bertz CT molecular complexity index is 520. The SMILES string of the molecule is CCNCCCc1ncc(-c2cc(Cl)cc(Cl)c2)o1. The molecule has 2 rings (SSSR count). The molecular formula is C14H16Cl2N2O. The van der Waals surface area contributed by atoms with Gasteiger partial charge in [0.1, 0.15) is 0 Å². The highest BCUT2D eigenvalue weighted by atomic mass is 35.5. The number of nitrogens with zero attached hydrogens (tertiary/aromatic N) is 1. The molecule has 0 atom stereocenters. The Labute approximate surface area is 122 Å². The molecule has 5 heteroatoms. The molecule has 0 aliphatic carbocycles. The van der Waals surface area contributed by atoms with Gasteiger partial charge in [-0.3, -0.25) is 0 Å². The number of benzene rings is 1. The van der Waals surface area contributed by atoms with Gasteiger partial charge in [0.05, 0.1) is 6.20 Å². The lowest BCUT2D eigenvalue weighted by molar-refractivity contribution is 0.493. The van der Waals surface area contributed by atoms with Crippen LogP contribution in [0.25, 0.3) is 11.3 Å². The van der Waals surface area contributed by atoms with Gasteiger partial charge in [0.15, 0.2) is 11.7 Å². The summed E-state index contributed by atoms with van der Waals surface area (Å²) in [7, 11) is 0. The predicted molar refractivity (Wildman–Crippen MR) is 78.8 cm³/mol. The monoisotopic (exact) mass is 298 g/mol. The zero-order valence-corrected chi connectivity index (χ0v) is 12.3. The minimum atomic E-state index is 0.590. The molecule has 1 aromatic heterocycles. The Hall–Kier alpha value is -1.03. The summed E-state index contributed by atoms with van der Waals surface area (Å²) in [6, 6.07) is 5.33. The zero-order chi connectivity index (χ0) is 13.7. The lowest BCUT2D eigenvalue weighted by Gasteiger charge is -2.00. The number of hydrogen-bond donors (Lipinski definition) is 1. The molecule has 2 aromatic rings. The first-order valence-corrected chi connectivity index (χ1v) is 7.06. The minimum Gasteiger partial charge on any atom is -0.441 e. The van der Waals surface area contributed by atoms with Crippen LogP contribution < -0.4 is 5.32 Å². The molecule has 0 aliphatic heterocycles. The molecule has 1 aromatic carbocycles. The van der Waals surface area contributed by atoms with Crippen LogP contribution in [0.4, 0.5) is 0 Å². The van der Waals surface area contributed by atoms with Gasteiger partial charge in [0.2, 0.25) is 0 Å². The van der Waals surface area contributed by atoms with E-state index in [2.05, 4.69) is 17.2 Å². The van der Waals surface area contributed by atoms with Gasteiger partial charge in [-0.25, -0.2) is 4.98 Å². The lowest BCUT2D eigenvalue weighted by atomic mass is 10.2. The van der Waals surface area contributed by atoms with Crippen LogP contribution in [-0.2, 0) is 6.42 Å². The second-order valence-corrected chi connectivity index (χ2v) is 5.11. The van der Waals surface area contributed by atoms with Crippen LogP contribution in [0.5, 0.6) is 0 Å². The molecule has 0 amide bonds. The molecule has 0 aliphatic rings. The molecular weight excluding hydrogens is 283 g/mol. The topological polar surface area (TPSA) is 38.1 Å². The fourth-order valence-electron chi connectivity index (χ4n) is 1.80. The van der Waals surface area contributed by atoms with Crippen LogP contribution in [0.3, 0.4) is 0 Å². The summed E-state index contributed by atoms with van der Waals surface area (Å²) in [5.74, 6) is 1.44. The quantitative estimate of drug-likeness (QED) is 0.813. The maximum atomic E-state index is 5.97. The van der Waals surface area contributed by atoms with Crippen molar-refractivity contribution in [2.45, 2.75) is 19.8 Å². The predicted octanol–water partition coefficient (Wildman–Crippen LogP) is 4.19. The van der Waals surface area contributed by atoms with E-state index in [9.17, 15) is 0 Å². The van der Waals surface area contributed by atoms with E-state index in [0.717, 1.165) is 37.4 Å². The molecule has 0 saturated heterocycles. The van der Waals surface area contributed by atoms with Crippen molar-refractivity contribution in [3.63, 3.8) is 0 Å². The summed E-state index contributed by atoms with van der Waals surface area (Å²) in [5, 5.41) is 4.45. The van der Waals surface area contributed by atoms with Crippen LogP contribution in [0, 0.1) is 0 Å². The van der Waals surface area contributed by atoms with E-state index in [1.54, 1.807) is 12.3 Å². The highest BCUT2D eigenvalue weighted by Gasteiger charge is 2.08. The summed E-state index contributed by atoms with van der Waals surface area (Å²) in [4.78, 5) is 4.27. The highest BCUT2D eigenvalue weighted by molar-refractivity contribution is 6.35. The maximum absolute atomic E-state index is 5.97. The van der Waals surface area contributed by atoms with Gasteiger partial charge in [0, 0.05) is 22.0 Å². The molecule has 0 unspecified atom stereocenters. The number of halogens is 2. The van der Waals surface area contributed by atoms with Gasteiger partial charge in [-0.1, -0.05) is 30.1 Å². The van der Waals surface area contributed by atoms with Crippen molar-refractivity contribution >= 4 is 23.2 Å². The van der Waals surface area contributed by atoms with E-state index in [1.807, 2.05) is 12.1 Å². The summed E-state index contributed by atoms with van der Waals surface area (Å²) < 4.78 is 5.70. The normalized spacial score (nSPS) is 10.9. The van der Waals surface area contributed by atoms with Gasteiger partial charge in [-0.15, -0.1) is 0 Å². The van der Waals surface area contributed by atoms with E-state index in [4.69, 9.17) is 27.6 Å². The molecule has 0 spiro atoms. The second kappa shape index (κ2) is 6.94. The van der Waals surface area contributed by atoms with E-state index < -0.39 is 0 Å². The van der Waals surface area contributed by atoms with Gasteiger partial charge in [-0.05, 0) is 37.7 Å². The number of rotatable bonds is 6. The molecule has 102 valence electrons. The molecule has 0 bridgehead atoms. The van der Waals surface area contributed by atoms with E-state index in [1.165, 1.54) is 0 Å². The molecule has 19 heavy (non-hydrogen) atoms. The Kier molecular flexibility index (Phi) is 5.25. The van der Waals surface area contributed by atoms with Gasteiger partial charge in [-0.2, -0.15) is 0 Å². The van der Waals surface area contributed by atoms with Crippen molar-refractivity contribution in [1.82, 2.24) is 10.3 Å². The average Bonchev–Trinajstić information content (AvgIpc) is 2.82. The van der Waals surface area contributed by atoms with Crippen LogP contribution in [0.15, 0.2) is 28.8 Å². The van der Waals surface area contributed by atoms with Crippen molar-refractivity contribution in [3.8, 4) is 11.3 Å². The third-order valence-corrected chi connectivity index (χ3v) is 3.13. The van der Waals surface area contributed by atoms with E-state index >= 15 is 0 Å². The number of aromatic nitrogens is 1. The highest BCUT2D eigenvalue weighted by Crippen LogP contribution is 2.27. The number of nitrogens with one attached hydrogen (secondary N) is 1. The van der Waals surface area contributed by atoms with Crippen LogP contribution in [-0.4, -0.2) is 18.1 Å². The first kappa shape index (κ1) is 14.4. The largest absolute Gasteiger partial charge is 0.441 e. The molecule has 3 nitrogen and oxygen atoms in total. The third kappa shape index (κ3) is 4.23. The standard InChI is InChI=1S/C14H16Cl2N2O/c1-2-17-5-3-4-14-18-9-13(19-14)10-6-11(15)8-12(16)7-10/h6-9,17H,2-5H2,1H3. The van der Waals surface area contributed by atoms with Gasteiger partial charge >= 0.3 is 0 Å². The first-order valence-electron chi connectivity index (χ1n) is 6.31. The molecule has 0 fully saturated rings. The lowest BCUT2D eigenvalue weighted by Crippen LogP contribution is -2.14. The van der Waals surface area contributed by atoms with Crippen molar-refractivity contribution in [1.29, 1.82) is 0 Å². The molecule has 1 heterocycles. The summed E-state index contributed by atoms with van der Waals surface area (Å²) in [5.41, 5.74) is 0.850. The second-order valence-electron chi connectivity index (χ2n) is 4.23. The van der Waals surface area contributed by atoms with Crippen molar-refractivity contribution in [3.05, 3.63) is 40.3 Å². The Morgan fingerprint density at radius 1 is 1.21 bits per heavy atom. The summed E-state index contributed by atoms with van der Waals surface area (Å²) in [6.45, 7) is 4.04. The first-order chi connectivity index (χ1) is 9.19. The Balaban J connectivity index is 2.03. The van der Waals surface area contributed by atoms with Crippen LogP contribution in [0.2, 0.25) is 10.0 Å². The smallest absolute Gasteiger partial charge is 0.194 e. The van der Waals surface area contributed by atoms with Crippen molar-refractivity contribution < 1.29 is 4.42 Å². The van der Waals surface area contributed by atoms with Crippen LogP contribution >= 0.6 is 23.2 Å². The number of hydrogen-bond acceptors (Lipinski definition) is 3. The van der Waals surface area contributed by atoms with Gasteiger partial charge < -0.3 is 9.73 Å². The van der Waals surface area contributed by atoms with Gasteiger partial charge in [0.25, 0.3) is 0 Å². The summed E-state index contributed by atoms with van der Waals surface area (Å²) in [6.07, 6.45) is 3.54. The number of oxazole rings is 1. The Morgan fingerprint density at radius 2 is 1.95 bits per heavy atom. The third-order valence-electron chi connectivity index (χ3n) is 2.69. The van der Waals surface area contributed by atoms with E-state index in [0.29, 0.717) is 15.8 Å². The maximum Gasteiger partial charge on any atom is 0.194 e. The average molecular weight is 299 g/mol. The van der Waals surface area contributed by atoms with Crippen molar-refractivity contribution in [2.75, 3.05) is 13.1 Å². The zero-order valence-electron chi connectivity index (χ0n) is 10.7. The van der Waals surface area contributed by atoms with E-state index in [-0.39, 0.29) is 0 Å². The van der Waals surface area contributed by atoms with Crippen molar-refractivity contribution in [2.24, 2.45) is 0 Å².